The van der Waals surface area contributed by atoms with Crippen LogP contribution in [0.2, 0.25) is 0 Å². The van der Waals surface area contributed by atoms with Crippen LogP contribution in [0.1, 0.15) is 24.2 Å². The summed E-state index contributed by atoms with van der Waals surface area (Å²) in [7, 11) is 1.61. The molecule has 0 aromatic heterocycles. The molecule has 6 nitrogen and oxygen atoms in total. The fourth-order valence-corrected chi connectivity index (χ4v) is 3.39. The number of carbonyl (C=O) groups excluding carboxylic acids is 2. The number of benzene rings is 2. The molecule has 0 saturated carbocycles. The Morgan fingerprint density at radius 3 is 2.32 bits per heavy atom. The first-order chi connectivity index (χ1) is 13.5. The number of carbonyl (C=O) groups is 2. The Morgan fingerprint density at radius 2 is 1.71 bits per heavy atom. The Labute approximate surface area is 166 Å². The van der Waals surface area contributed by atoms with Crippen LogP contribution in [-0.2, 0) is 4.79 Å². The second-order valence-corrected chi connectivity index (χ2v) is 7.02. The number of nitrogens with zero attached hydrogens (tertiary/aromatic N) is 2. The third kappa shape index (κ3) is 4.70. The fourth-order valence-electron chi connectivity index (χ4n) is 3.39. The first kappa shape index (κ1) is 19.9. The first-order valence-corrected chi connectivity index (χ1v) is 9.53. The molecule has 1 fully saturated rings. The molecular formula is C22H27N3O3. The highest BCUT2D eigenvalue weighted by Crippen LogP contribution is 2.20. The van der Waals surface area contributed by atoms with Gasteiger partial charge in [0.15, 0.2) is 5.78 Å². The SMILES string of the molecule is COc1cccc(NC(=O)[C@H](C)N2CCN(c3ccc(C(C)=O)cc3)CC2)c1. The maximum atomic E-state index is 12.6. The molecule has 6 heteroatoms. The lowest BCUT2D eigenvalue weighted by molar-refractivity contribution is -0.120. The van der Waals surface area contributed by atoms with Crippen LogP contribution < -0.4 is 15.0 Å². The van der Waals surface area contributed by atoms with Crippen molar-refractivity contribution in [1.82, 2.24) is 4.90 Å². The smallest absolute Gasteiger partial charge is 0.241 e. The van der Waals surface area contributed by atoms with Gasteiger partial charge in [0.25, 0.3) is 0 Å². The van der Waals surface area contributed by atoms with Gasteiger partial charge >= 0.3 is 0 Å². The minimum atomic E-state index is -0.214. The van der Waals surface area contributed by atoms with Crippen molar-refractivity contribution in [3.63, 3.8) is 0 Å². The zero-order chi connectivity index (χ0) is 20.1. The van der Waals surface area contributed by atoms with Gasteiger partial charge in [0.2, 0.25) is 5.91 Å². The number of rotatable bonds is 6. The predicted molar refractivity (Wildman–Crippen MR) is 111 cm³/mol. The molecule has 1 heterocycles. The third-order valence-corrected chi connectivity index (χ3v) is 5.22. The van der Waals surface area contributed by atoms with Gasteiger partial charge in [-0.3, -0.25) is 14.5 Å². The van der Waals surface area contributed by atoms with Crippen LogP contribution in [0.5, 0.6) is 5.75 Å². The largest absolute Gasteiger partial charge is 0.497 e. The summed E-state index contributed by atoms with van der Waals surface area (Å²) in [5.74, 6) is 0.773. The topological polar surface area (TPSA) is 61.9 Å². The number of hydrogen-bond donors (Lipinski definition) is 1. The number of ether oxygens (including phenoxy) is 1. The van der Waals surface area contributed by atoms with Gasteiger partial charge in [-0.25, -0.2) is 0 Å². The third-order valence-electron chi connectivity index (χ3n) is 5.22. The molecule has 1 saturated heterocycles. The number of hydrogen-bond acceptors (Lipinski definition) is 5. The van der Waals surface area contributed by atoms with E-state index in [1.807, 2.05) is 55.5 Å². The molecule has 148 valence electrons. The summed E-state index contributed by atoms with van der Waals surface area (Å²) in [6.07, 6.45) is 0. The van der Waals surface area contributed by atoms with Crippen molar-refractivity contribution in [3.05, 3.63) is 54.1 Å². The van der Waals surface area contributed by atoms with E-state index >= 15 is 0 Å². The van der Waals surface area contributed by atoms with Crippen LogP contribution in [-0.4, -0.2) is 55.9 Å². The van der Waals surface area contributed by atoms with Gasteiger partial charge in [-0.05, 0) is 50.2 Å². The molecule has 2 aromatic rings. The van der Waals surface area contributed by atoms with E-state index in [4.69, 9.17) is 4.74 Å². The molecule has 1 N–H and O–H groups in total. The van der Waals surface area contributed by atoms with Crippen molar-refractivity contribution < 1.29 is 14.3 Å². The van der Waals surface area contributed by atoms with Gasteiger partial charge in [0, 0.05) is 49.2 Å². The zero-order valence-corrected chi connectivity index (χ0v) is 16.6. The average molecular weight is 381 g/mol. The zero-order valence-electron chi connectivity index (χ0n) is 16.6. The van der Waals surface area contributed by atoms with Crippen molar-refractivity contribution in [2.45, 2.75) is 19.9 Å². The van der Waals surface area contributed by atoms with E-state index in [0.29, 0.717) is 0 Å². The number of piperazine rings is 1. The van der Waals surface area contributed by atoms with Crippen LogP contribution >= 0.6 is 0 Å². The number of amides is 1. The molecule has 3 rings (SSSR count). The van der Waals surface area contributed by atoms with E-state index in [2.05, 4.69) is 15.1 Å². The molecular weight excluding hydrogens is 354 g/mol. The van der Waals surface area contributed by atoms with E-state index in [-0.39, 0.29) is 17.7 Å². The van der Waals surface area contributed by atoms with Crippen LogP contribution in [0, 0.1) is 0 Å². The van der Waals surface area contributed by atoms with Crippen molar-refractivity contribution in [2.24, 2.45) is 0 Å². The highest BCUT2D eigenvalue weighted by molar-refractivity contribution is 5.95. The Kier molecular flexibility index (Phi) is 6.31. The monoisotopic (exact) mass is 381 g/mol. The number of anilines is 2. The molecule has 0 bridgehead atoms. The van der Waals surface area contributed by atoms with E-state index in [0.717, 1.165) is 48.9 Å². The molecule has 1 aliphatic heterocycles. The standard InChI is InChI=1S/C22H27N3O3/c1-16(22(27)23-19-5-4-6-21(15-19)28-3)24-11-13-25(14-12-24)20-9-7-18(8-10-20)17(2)26/h4-10,15-16H,11-14H2,1-3H3,(H,23,27)/t16-/m0/s1. The Morgan fingerprint density at radius 1 is 1.04 bits per heavy atom. The van der Waals surface area contributed by atoms with Gasteiger partial charge < -0.3 is 15.0 Å². The van der Waals surface area contributed by atoms with Crippen molar-refractivity contribution in [3.8, 4) is 5.75 Å². The second kappa shape index (κ2) is 8.89. The second-order valence-electron chi connectivity index (χ2n) is 7.02. The van der Waals surface area contributed by atoms with E-state index in [9.17, 15) is 9.59 Å². The first-order valence-electron chi connectivity index (χ1n) is 9.53. The minimum absolute atomic E-state index is 0.0208. The summed E-state index contributed by atoms with van der Waals surface area (Å²) >= 11 is 0. The number of ketones is 1. The molecule has 1 amide bonds. The molecule has 28 heavy (non-hydrogen) atoms. The lowest BCUT2D eigenvalue weighted by atomic mass is 10.1. The number of Topliss-reactive ketones (excluding diaryl/α,β-unsaturated/α-hetero) is 1. The Bertz CT molecular complexity index is 827. The maximum absolute atomic E-state index is 12.6. The lowest BCUT2D eigenvalue weighted by Gasteiger charge is -2.38. The molecule has 1 aliphatic rings. The quantitative estimate of drug-likeness (QED) is 0.780. The van der Waals surface area contributed by atoms with E-state index in [1.54, 1.807) is 14.0 Å². The molecule has 0 unspecified atom stereocenters. The summed E-state index contributed by atoms with van der Waals surface area (Å²) in [5, 5.41) is 2.97. The van der Waals surface area contributed by atoms with Crippen LogP contribution in [0.4, 0.5) is 11.4 Å². The highest BCUT2D eigenvalue weighted by Gasteiger charge is 2.25. The van der Waals surface area contributed by atoms with Gasteiger partial charge in [0.05, 0.1) is 13.2 Å². The molecule has 0 aliphatic carbocycles. The van der Waals surface area contributed by atoms with Crippen molar-refractivity contribution in [1.29, 1.82) is 0 Å². The summed E-state index contributed by atoms with van der Waals surface area (Å²) < 4.78 is 5.20. The fraction of sp³-hybridized carbons (Fsp3) is 0.364. The highest BCUT2D eigenvalue weighted by atomic mass is 16.5. The van der Waals surface area contributed by atoms with E-state index in [1.165, 1.54) is 0 Å². The number of methoxy groups -OCH3 is 1. The van der Waals surface area contributed by atoms with E-state index < -0.39 is 0 Å². The maximum Gasteiger partial charge on any atom is 0.241 e. The normalized spacial score (nSPS) is 15.8. The van der Waals surface area contributed by atoms with Crippen LogP contribution in [0.3, 0.4) is 0 Å². The average Bonchev–Trinajstić information content (AvgIpc) is 2.73. The van der Waals surface area contributed by atoms with Crippen molar-refractivity contribution in [2.75, 3.05) is 43.5 Å². The summed E-state index contributed by atoms with van der Waals surface area (Å²) in [6, 6.07) is 14.9. The Balaban J connectivity index is 1.54. The number of nitrogens with one attached hydrogen (secondary N) is 1. The Hall–Kier alpha value is -2.86. The van der Waals surface area contributed by atoms with Crippen molar-refractivity contribution >= 4 is 23.1 Å². The van der Waals surface area contributed by atoms with Gasteiger partial charge in [-0.15, -0.1) is 0 Å². The van der Waals surface area contributed by atoms with Gasteiger partial charge in [-0.1, -0.05) is 6.07 Å². The molecule has 0 radical (unpaired) electrons. The van der Waals surface area contributed by atoms with Crippen LogP contribution in [0.25, 0.3) is 0 Å². The van der Waals surface area contributed by atoms with Gasteiger partial charge in [-0.2, -0.15) is 0 Å². The summed E-state index contributed by atoms with van der Waals surface area (Å²) in [5.41, 5.74) is 2.57. The predicted octanol–water partition coefficient (Wildman–Crippen LogP) is 3.05. The molecule has 1 atom stereocenters. The summed E-state index contributed by atoms with van der Waals surface area (Å²) in [6.45, 7) is 6.81. The minimum Gasteiger partial charge on any atom is -0.497 e. The summed E-state index contributed by atoms with van der Waals surface area (Å²) in [4.78, 5) is 28.5. The van der Waals surface area contributed by atoms with Crippen LogP contribution in [0.15, 0.2) is 48.5 Å². The lowest BCUT2D eigenvalue weighted by Crippen LogP contribution is -2.52. The molecule has 0 spiro atoms. The molecule has 2 aromatic carbocycles. The van der Waals surface area contributed by atoms with Gasteiger partial charge in [0.1, 0.15) is 5.75 Å².